The minimum absolute atomic E-state index is 0.424. The molecule has 1 N–H and O–H groups in total. The second-order valence-corrected chi connectivity index (χ2v) is 5.88. The molecule has 96 valence electrons. The highest BCUT2D eigenvalue weighted by molar-refractivity contribution is 9.10. The Morgan fingerprint density at radius 2 is 2.22 bits per heavy atom. The summed E-state index contributed by atoms with van der Waals surface area (Å²) in [5.74, 6) is 0.642. The molecule has 0 radical (unpaired) electrons. The molecule has 18 heavy (non-hydrogen) atoms. The van der Waals surface area contributed by atoms with Gasteiger partial charge in [0.05, 0.1) is 12.7 Å². The van der Waals surface area contributed by atoms with E-state index in [9.17, 15) is 0 Å². The smallest absolute Gasteiger partial charge is 0.299 e. The molecule has 0 saturated carbocycles. The summed E-state index contributed by atoms with van der Waals surface area (Å²) in [6.07, 6.45) is 3.34. The molecule has 0 aliphatic carbocycles. The predicted molar refractivity (Wildman–Crippen MR) is 73.9 cm³/mol. The molecule has 5 nitrogen and oxygen atoms in total. The van der Waals surface area contributed by atoms with Crippen molar-refractivity contribution in [3.63, 3.8) is 0 Å². The van der Waals surface area contributed by atoms with E-state index in [4.69, 9.17) is 4.74 Å². The van der Waals surface area contributed by atoms with E-state index in [1.807, 2.05) is 6.07 Å². The third-order valence-electron chi connectivity index (χ3n) is 1.99. The van der Waals surface area contributed by atoms with Crippen LogP contribution in [0.5, 0.6) is 10.9 Å². The van der Waals surface area contributed by atoms with Gasteiger partial charge >= 0.3 is 0 Å². The third-order valence-corrected chi connectivity index (χ3v) is 3.23. The average Bonchev–Trinajstić information content (AvgIpc) is 2.74. The van der Waals surface area contributed by atoms with Crippen molar-refractivity contribution in [1.82, 2.24) is 20.5 Å². The van der Waals surface area contributed by atoms with Gasteiger partial charge < -0.3 is 10.1 Å². The van der Waals surface area contributed by atoms with Crippen LogP contribution >= 0.6 is 27.3 Å². The highest BCUT2D eigenvalue weighted by atomic mass is 79.9. The van der Waals surface area contributed by atoms with Crippen LogP contribution in [0.15, 0.2) is 22.9 Å². The zero-order valence-electron chi connectivity index (χ0n) is 10.1. The van der Waals surface area contributed by atoms with Crippen molar-refractivity contribution in [3.8, 4) is 10.9 Å². The Labute approximate surface area is 118 Å². The van der Waals surface area contributed by atoms with Crippen molar-refractivity contribution in [2.75, 3.05) is 0 Å². The molecule has 7 heteroatoms. The Hall–Kier alpha value is -1.05. The van der Waals surface area contributed by atoms with Crippen LogP contribution in [0.2, 0.25) is 0 Å². The van der Waals surface area contributed by atoms with Crippen molar-refractivity contribution in [2.45, 2.75) is 26.4 Å². The van der Waals surface area contributed by atoms with Crippen LogP contribution in [0.1, 0.15) is 18.9 Å². The first-order valence-electron chi connectivity index (χ1n) is 5.47. The fourth-order valence-corrected chi connectivity index (χ4v) is 2.19. The van der Waals surface area contributed by atoms with Crippen molar-refractivity contribution in [3.05, 3.63) is 27.9 Å². The Kier molecular flexibility index (Phi) is 4.62. The van der Waals surface area contributed by atoms with Crippen molar-refractivity contribution < 1.29 is 4.74 Å². The van der Waals surface area contributed by atoms with E-state index in [2.05, 4.69) is 50.3 Å². The molecule has 2 rings (SSSR count). The number of nitrogens with zero attached hydrogens (tertiary/aromatic N) is 3. The van der Waals surface area contributed by atoms with Crippen molar-refractivity contribution >= 4 is 27.3 Å². The second kappa shape index (κ2) is 6.21. The van der Waals surface area contributed by atoms with Gasteiger partial charge in [-0.05, 0) is 22.0 Å². The van der Waals surface area contributed by atoms with Crippen LogP contribution in [0.3, 0.4) is 0 Å². The van der Waals surface area contributed by atoms with Gasteiger partial charge in [0.25, 0.3) is 5.19 Å². The minimum atomic E-state index is 0.424. The lowest BCUT2D eigenvalue weighted by Gasteiger charge is -2.03. The van der Waals surface area contributed by atoms with Crippen molar-refractivity contribution in [2.24, 2.45) is 0 Å². The maximum absolute atomic E-state index is 5.57. The molecule has 0 spiro atoms. The molecule has 2 heterocycles. The SMILES string of the molecule is CC(C)NCc1nnc(Oc2cncc(Br)c2)s1. The molecule has 0 amide bonds. The molecule has 0 aliphatic rings. The number of aromatic nitrogens is 3. The molecule has 2 aromatic heterocycles. The number of rotatable bonds is 5. The van der Waals surface area contributed by atoms with Gasteiger partial charge in [-0.3, -0.25) is 4.98 Å². The number of hydrogen-bond acceptors (Lipinski definition) is 6. The number of nitrogens with one attached hydrogen (secondary N) is 1. The van der Waals surface area contributed by atoms with E-state index in [1.165, 1.54) is 11.3 Å². The topological polar surface area (TPSA) is 59.9 Å². The predicted octanol–water partition coefficient (Wildman–Crippen LogP) is 2.99. The first-order chi connectivity index (χ1) is 8.63. The highest BCUT2D eigenvalue weighted by Crippen LogP contribution is 2.25. The lowest BCUT2D eigenvalue weighted by atomic mass is 10.4. The molecule has 0 aliphatic heterocycles. The fourth-order valence-electron chi connectivity index (χ4n) is 1.19. The van der Waals surface area contributed by atoms with Gasteiger partial charge in [-0.25, -0.2) is 0 Å². The molecule has 0 bridgehead atoms. The zero-order valence-corrected chi connectivity index (χ0v) is 12.5. The summed E-state index contributed by atoms with van der Waals surface area (Å²) in [6.45, 7) is 4.88. The van der Waals surface area contributed by atoms with Gasteiger partial charge in [-0.15, -0.1) is 5.10 Å². The van der Waals surface area contributed by atoms with E-state index in [-0.39, 0.29) is 0 Å². The van der Waals surface area contributed by atoms with Crippen LogP contribution in [-0.2, 0) is 6.54 Å². The van der Waals surface area contributed by atoms with Crippen molar-refractivity contribution in [1.29, 1.82) is 0 Å². The molecule has 0 fully saturated rings. The Bertz CT molecular complexity index is 517. The average molecular weight is 329 g/mol. The number of pyridine rings is 1. The molecule has 0 saturated heterocycles. The zero-order chi connectivity index (χ0) is 13.0. The summed E-state index contributed by atoms with van der Waals surface area (Å²) in [7, 11) is 0. The first kappa shape index (κ1) is 13.4. The Balaban J connectivity index is 1.98. The van der Waals surface area contributed by atoms with Crippen LogP contribution in [0.25, 0.3) is 0 Å². The van der Waals surface area contributed by atoms with Crippen LogP contribution < -0.4 is 10.1 Å². The molecular weight excluding hydrogens is 316 g/mol. The molecule has 2 aromatic rings. The molecule has 0 atom stereocenters. The summed E-state index contributed by atoms with van der Waals surface area (Å²) in [5, 5.41) is 12.7. The Morgan fingerprint density at radius 3 is 2.94 bits per heavy atom. The molecule has 0 unspecified atom stereocenters. The number of ether oxygens (including phenoxy) is 1. The third kappa shape index (κ3) is 4.01. The summed E-state index contributed by atoms with van der Waals surface area (Å²) in [4.78, 5) is 4.02. The summed E-state index contributed by atoms with van der Waals surface area (Å²) < 4.78 is 6.44. The van der Waals surface area contributed by atoms with E-state index in [0.717, 1.165) is 9.48 Å². The van der Waals surface area contributed by atoms with Gasteiger partial charge in [-0.1, -0.05) is 30.3 Å². The van der Waals surface area contributed by atoms with Crippen LogP contribution in [-0.4, -0.2) is 21.2 Å². The van der Waals surface area contributed by atoms with E-state index in [1.54, 1.807) is 12.4 Å². The summed E-state index contributed by atoms with van der Waals surface area (Å²) in [5.41, 5.74) is 0. The molecule has 0 aromatic carbocycles. The van der Waals surface area contributed by atoms with Crippen LogP contribution in [0.4, 0.5) is 0 Å². The number of hydrogen-bond donors (Lipinski definition) is 1. The Morgan fingerprint density at radius 1 is 1.39 bits per heavy atom. The van der Waals surface area contributed by atoms with E-state index >= 15 is 0 Å². The number of halogens is 1. The normalized spacial score (nSPS) is 10.9. The first-order valence-corrected chi connectivity index (χ1v) is 7.08. The monoisotopic (exact) mass is 328 g/mol. The maximum atomic E-state index is 5.57. The lowest BCUT2D eigenvalue weighted by Crippen LogP contribution is -2.21. The summed E-state index contributed by atoms with van der Waals surface area (Å²) >= 11 is 4.76. The minimum Gasteiger partial charge on any atom is -0.428 e. The quantitative estimate of drug-likeness (QED) is 0.914. The van der Waals surface area contributed by atoms with E-state index in [0.29, 0.717) is 23.5 Å². The largest absolute Gasteiger partial charge is 0.428 e. The maximum Gasteiger partial charge on any atom is 0.299 e. The second-order valence-electron chi connectivity index (χ2n) is 3.94. The molecular formula is C11H13BrN4OS. The summed E-state index contributed by atoms with van der Waals surface area (Å²) in [6, 6.07) is 2.26. The van der Waals surface area contributed by atoms with Gasteiger partial charge in [0.15, 0.2) is 0 Å². The lowest BCUT2D eigenvalue weighted by molar-refractivity contribution is 0.470. The van der Waals surface area contributed by atoms with Gasteiger partial charge in [0.1, 0.15) is 10.8 Å². The standard InChI is InChI=1S/C11H13BrN4OS/c1-7(2)14-6-10-15-16-11(18-10)17-9-3-8(12)4-13-5-9/h3-5,7,14H,6H2,1-2H3. The van der Waals surface area contributed by atoms with E-state index < -0.39 is 0 Å². The van der Waals surface area contributed by atoms with Gasteiger partial charge in [0.2, 0.25) is 0 Å². The highest BCUT2D eigenvalue weighted by Gasteiger charge is 2.07. The fraction of sp³-hybridized carbons (Fsp3) is 0.364. The van der Waals surface area contributed by atoms with Gasteiger partial charge in [-0.2, -0.15) is 0 Å². The van der Waals surface area contributed by atoms with Gasteiger partial charge in [0, 0.05) is 16.7 Å². The van der Waals surface area contributed by atoms with Crippen LogP contribution in [0, 0.1) is 0 Å².